The van der Waals surface area contributed by atoms with Gasteiger partial charge in [0.25, 0.3) is 0 Å². The van der Waals surface area contributed by atoms with Crippen LogP contribution in [0.2, 0.25) is 0 Å². The van der Waals surface area contributed by atoms with Crippen molar-refractivity contribution in [3.8, 4) is 5.75 Å². The number of allylic oxidation sites excluding steroid dienone is 4. The summed E-state index contributed by atoms with van der Waals surface area (Å²) < 4.78 is 5.83. The van der Waals surface area contributed by atoms with E-state index in [0.717, 1.165) is 24.7 Å². The van der Waals surface area contributed by atoms with Crippen molar-refractivity contribution in [1.29, 1.82) is 0 Å². The highest BCUT2D eigenvalue weighted by Crippen LogP contribution is 2.53. The molecule has 0 saturated heterocycles. The SMILES string of the molecule is C=C(C)C.C=C/C(=C\C)CC.C=O.C=O.CCCC1(CCC)CC(CCCOc2ccc(C)cc2)C1. The Morgan fingerprint density at radius 1 is 1.00 bits per heavy atom. The van der Waals surface area contributed by atoms with E-state index < -0.39 is 0 Å². The molecule has 206 valence electrons. The van der Waals surface area contributed by atoms with Crippen LogP contribution >= 0.6 is 0 Å². The molecule has 0 N–H and O–H groups in total. The maximum Gasteiger partial charge on any atom is 0.119 e. The van der Waals surface area contributed by atoms with Crippen molar-refractivity contribution in [2.45, 2.75) is 106 Å². The molecule has 1 fully saturated rings. The van der Waals surface area contributed by atoms with Crippen LogP contribution in [0.3, 0.4) is 0 Å². The van der Waals surface area contributed by atoms with Crippen LogP contribution in [0.15, 0.2) is 60.7 Å². The van der Waals surface area contributed by atoms with Crippen molar-refractivity contribution in [3.63, 3.8) is 0 Å². The summed E-state index contributed by atoms with van der Waals surface area (Å²) in [6, 6.07) is 8.38. The lowest BCUT2D eigenvalue weighted by Gasteiger charge is -2.48. The minimum atomic E-state index is 0.714. The Morgan fingerprint density at radius 2 is 1.47 bits per heavy atom. The van der Waals surface area contributed by atoms with Crippen LogP contribution < -0.4 is 4.74 Å². The first-order valence-corrected chi connectivity index (χ1v) is 13.4. The highest BCUT2D eigenvalue weighted by molar-refractivity contribution is 5.26. The molecule has 0 aliphatic heterocycles. The lowest BCUT2D eigenvalue weighted by molar-refractivity contribution is -0.0987. The van der Waals surface area contributed by atoms with Gasteiger partial charge in [-0.3, -0.25) is 0 Å². The van der Waals surface area contributed by atoms with Crippen molar-refractivity contribution in [3.05, 3.63) is 66.3 Å². The Hall–Kier alpha value is -2.42. The van der Waals surface area contributed by atoms with Crippen molar-refractivity contribution in [1.82, 2.24) is 0 Å². The monoisotopic (exact) mass is 500 g/mol. The summed E-state index contributed by atoms with van der Waals surface area (Å²) in [6.45, 7) is 26.9. The van der Waals surface area contributed by atoms with E-state index in [1.54, 1.807) is 0 Å². The number of hydrogen-bond donors (Lipinski definition) is 0. The molecule has 3 heteroatoms. The van der Waals surface area contributed by atoms with Gasteiger partial charge >= 0.3 is 0 Å². The number of ether oxygens (including phenoxy) is 1. The van der Waals surface area contributed by atoms with Gasteiger partial charge in [-0.25, -0.2) is 0 Å². The predicted octanol–water partition coefficient (Wildman–Crippen LogP) is 9.89. The van der Waals surface area contributed by atoms with Gasteiger partial charge in [0.15, 0.2) is 0 Å². The van der Waals surface area contributed by atoms with Crippen LogP contribution in [0.1, 0.15) is 105 Å². The fraction of sp³-hybridized carbons (Fsp3) is 0.576. The lowest BCUT2D eigenvalue weighted by atomic mass is 9.57. The molecule has 0 amide bonds. The second kappa shape index (κ2) is 25.7. The van der Waals surface area contributed by atoms with Gasteiger partial charge in [-0.15, -0.1) is 6.58 Å². The van der Waals surface area contributed by atoms with E-state index in [-0.39, 0.29) is 0 Å². The molecular formula is C33H56O3. The topological polar surface area (TPSA) is 43.4 Å². The highest BCUT2D eigenvalue weighted by atomic mass is 16.5. The van der Waals surface area contributed by atoms with E-state index >= 15 is 0 Å². The summed E-state index contributed by atoms with van der Waals surface area (Å²) in [6.07, 6.45) is 16.1. The molecule has 0 spiro atoms. The maximum atomic E-state index is 8.00. The molecule has 0 unspecified atom stereocenters. The number of rotatable bonds is 11. The van der Waals surface area contributed by atoms with Gasteiger partial charge in [0.2, 0.25) is 0 Å². The fourth-order valence-corrected chi connectivity index (χ4v) is 4.63. The molecule has 0 heterocycles. The third kappa shape index (κ3) is 19.8. The standard InChI is InChI=1S/C20H32O.C7H12.C4H8.2CH2O/c1-4-12-20(13-5-2)15-18(16-20)7-6-14-21-19-10-8-17(3)9-11-19;1-4-7(5-2)6-3;1-4(2)3;2*1-2/h8-11,18H,4-7,12-16H2,1-3H3;4-5H,1,6H2,2-3H3;1H2,2-3H3;2*1H2/b;7-5+;;;. The first-order valence-electron chi connectivity index (χ1n) is 13.4. The summed E-state index contributed by atoms with van der Waals surface area (Å²) in [5.41, 5.74) is 4.49. The molecule has 1 aromatic rings. The molecule has 3 nitrogen and oxygen atoms in total. The minimum Gasteiger partial charge on any atom is -0.494 e. The average Bonchev–Trinajstić information content (AvgIpc) is 2.85. The molecule has 36 heavy (non-hydrogen) atoms. The van der Waals surface area contributed by atoms with E-state index in [9.17, 15) is 0 Å². The summed E-state index contributed by atoms with van der Waals surface area (Å²) >= 11 is 0. The van der Waals surface area contributed by atoms with Crippen LogP contribution in [-0.2, 0) is 9.59 Å². The second-order valence-electron chi connectivity index (χ2n) is 9.71. The van der Waals surface area contributed by atoms with E-state index in [2.05, 4.69) is 71.2 Å². The number of hydrogen-bond acceptors (Lipinski definition) is 3. The zero-order valence-electron chi connectivity index (χ0n) is 24.7. The van der Waals surface area contributed by atoms with Gasteiger partial charge in [0, 0.05) is 0 Å². The normalized spacial score (nSPS) is 13.4. The van der Waals surface area contributed by atoms with E-state index in [1.165, 1.54) is 68.1 Å². The van der Waals surface area contributed by atoms with Crippen molar-refractivity contribution in [2.75, 3.05) is 6.61 Å². The minimum absolute atomic E-state index is 0.714. The first-order chi connectivity index (χ1) is 17.2. The number of benzene rings is 1. The summed E-state index contributed by atoms with van der Waals surface area (Å²) in [5.74, 6) is 1.98. The molecule has 0 aromatic heterocycles. The predicted molar refractivity (Wildman–Crippen MR) is 160 cm³/mol. The molecular weight excluding hydrogens is 444 g/mol. The Kier molecular flexibility index (Phi) is 27.2. The fourth-order valence-electron chi connectivity index (χ4n) is 4.63. The lowest BCUT2D eigenvalue weighted by Crippen LogP contribution is -2.37. The van der Waals surface area contributed by atoms with E-state index in [4.69, 9.17) is 14.3 Å². The summed E-state index contributed by atoms with van der Waals surface area (Å²) in [7, 11) is 0. The summed E-state index contributed by atoms with van der Waals surface area (Å²) in [5, 5.41) is 0. The molecule has 1 aliphatic carbocycles. The van der Waals surface area contributed by atoms with Gasteiger partial charge in [0.05, 0.1) is 6.61 Å². The smallest absolute Gasteiger partial charge is 0.119 e. The maximum absolute atomic E-state index is 8.00. The van der Waals surface area contributed by atoms with Crippen LogP contribution in [-0.4, -0.2) is 20.2 Å². The van der Waals surface area contributed by atoms with Crippen LogP contribution in [0, 0.1) is 18.3 Å². The molecule has 1 saturated carbocycles. The Labute approximate surface area is 224 Å². The van der Waals surface area contributed by atoms with Gasteiger partial charge in [-0.2, -0.15) is 0 Å². The average molecular weight is 501 g/mol. The Morgan fingerprint density at radius 3 is 1.81 bits per heavy atom. The van der Waals surface area contributed by atoms with E-state index in [1.807, 2.05) is 40.4 Å². The molecule has 0 bridgehead atoms. The van der Waals surface area contributed by atoms with Gasteiger partial charge in [-0.1, -0.05) is 81.2 Å². The van der Waals surface area contributed by atoms with Crippen LogP contribution in [0.4, 0.5) is 0 Å². The van der Waals surface area contributed by atoms with Crippen LogP contribution in [0.5, 0.6) is 5.75 Å². The zero-order valence-corrected chi connectivity index (χ0v) is 24.7. The number of aryl methyl sites for hydroxylation is 1. The van der Waals surface area contributed by atoms with Crippen molar-refractivity contribution in [2.24, 2.45) is 11.3 Å². The third-order valence-corrected chi connectivity index (χ3v) is 6.09. The zero-order chi connectivity index (χ0) is 28.4. The van der Waals surface area contributed by atoms with Gasteiger partial charge < -0.3 is 14.3 Å². The molecule has 0 atom stereocenters. The highest BCUT2D eigenvalue weighted by Gasteiger charge is 2.41. The largest absolute Gasteiger partial charge is 0.494 e. The molecule has 0 radical (unpaired) electrons. The first kappa shape index (κ1) is 38.1. The van der Waals surface area contributed by atoms with E-state index in [0.29, 0.717) is 5.41 Å². The Bertz CT molecular complexity index is 667. The molecule has 1 aromatic carbocycles. The Balaban J connectivity index is -0.000000603. The number of carbonyl (C=O) groups excluding carboxylic acids is 2. The van der Waals surface area contributed by atoms with Gasteiger partial charge in [0.1, 0.15) is 19.3 Å². The quantitative estimate of drug-likeness (QED) is 0.172. The van der Waals surface area contributed by atoms with Crippen LogP contribution in [0.25, 0.3) is 0 Å². The summed E-state index contributed by atoms with van der Waals surface area (Å²) in [4.78, 5) is 16.0. The van der Waals surface area contributed by atoms with Crippen molar-refractivity contribution < 1.29 is 14.3 Å². The second-order valence-corrected chi connectivity index (χ2v) is 9.71. The van der Waals surface area contributed by atoms with Crippen molar-refractivity contribution >= 4 is 13.6 Å². The molecule has 2 rings (SSSR count). The van der Waals surface area contributed by atoms with Gasteiger partial charge in [-0.05, 0) is 96.1 Å². The molecule has 1 aliphatic rings. The third-order valence-electron chi connectivity index (χ3n) is 6.09. The number of carbonyl (C=O) groups is 2.